The van der Waals surface area contributed by atoms with Gasteiger partial charge in [-0.3, -0.25) is 4.79 Å². The van der Waals surface area contributed by atoms with Gasteiger partial charge in [0, 0.05) is 12.3 Å². The number of benzene rings is 1. The van der Waals surface area contributed by atoms with E-state index in [0.717, 1.165) is 10.9 Å². The Morgan fingerprint density at radius 3 is 2.73 bits per heavy atom. The van der Waals surface area contributed by atoms with Crippen LogP contribution in [0.2, 0.25) is 0 Å². The van der Waals surface area contributed by atoms with Crippen LogP contribution in [0.4, 0.5) is 5.82 Å². The molecular formula is C10H10ClN3O. The molecule has 1 N–H and O–H groups in total. The summed E-state index contributed by atoms with van der Waals surface area (Å²) in [5.41, 5.74) is 0.825. The fourth-order valence-corrected chi connectivity index (χ4v) is 1.27. The average molecular weight is 224 g/mol. The molecule has 15 heavy (non-hydrogen) atoms. The molecule has 2 rings (SSSR count). The summed E-state index contributed by atoms with van der Waals surface area (Å²) in [7, 11) is 0. The molecule has 0 bridgehead atoms. The molecule has 0 saturated heterocycles. The molecule has 0 aliphatic carbocycles. The summed E-state index contributed by atoms with van der Waals surface area (Å²) in [5, 5.41) is 3.51. The number of fused-ring (bicyclic) bond motifs is 1. The highest BCUT2D eigenvalue weighted by Gasteiger charge is 2.02. The molecule has 0 aliphatic heterocycles. The fraction of sp³-hybridized carbons (Fsp3) is 0.100. The van der Waals surface area contributed by atoms with E-state index in [1.54, 1.807) is 0 Å². The first-order valence-corrected chi connectivity index (χ1v) is 4.25. The van der Waals surface area contributed by atoms with Crippen LogP contribution in [0.3, 0.4) is 0 Å². The van der Waals surface area contributed by atoms with Crippen LogP contribution in [0.1, 0.15) is 6.92 Å². The number of amides is 1. The number of anilines is 1. The van der Waals surface area contributed by atoms with E-state index in [0.29, 0.717) is 5.82 Å². The summed E-state index contributed by atoms with van der Waals surface area (Å²) in [6.07, 6.45) is 1.44. The van der Waals surface area contributed by atoms with E-state index in [4.69, 9.17) is 0 Å². The summed E-state index contributed by atoms with van der Waals surface area (Å²) < 4.78 is 0. The number of nitrogens with one attached hydrogen (secondary N) is 1. The minimum Gasteiger partial charge on any atom is -0.310 e. The lowest BCUT2D eigenvalue weighted by Crippen LogP contribution is -2.08. The van der Waals surface area contributed by atoms with Gasteiger partial charge < -0.3 is 5.32 Å². The Morgan fingerprint density at radius 1 is 1.27 bits per heavy atom. The maximum Gasteiger partial charge on any atom is 0.222 e. The van der Waals surface area contributed by atoms with Crippen LogP contribution in [0, 0.1) is 0 Å². The number of hydrogen-bond acceptors (Lipinski definition) is 3. The molecule has 0 aliphatic rings. The number of para-hydroxylation sites is 1. The number of halogens is 1. The van der Waals surface area contributed by atoms with Crippen LogP contribution in [-0.4, -0.2) is 15.9 Å². The van der Waals surface area contributed by atoms with Crippen molar-refractivity contribution >= 4 is 35.0 Å². The van der Waals surface area contributed by atoms with Crippen molar-refractivity contribution in [2.75, 3.05) is 5.32 Å². The van der Waals surface area contributed by atoms with Gasteiger partial charge in [-0.05, 0) is 12.1 Å². The first-order valence-electron chi connectivity index (χ1n) is 4.25. The molecule has 1 aromatic heterocycles. The summed E-state index contributed by atoms with van der Waals surface area (Å²) in [6.45, 7) is 1.46. The second-order valence-electron chi connectivity index (χ2n) is 2.92. The molecule has 0 spiro atoms. The van der Waals surface area contributed by atoms with Crippen LogP contribution in [0.25, 0.3) is 10.9 Å². The molecule has 0 unspecified atom stereocenters. The molecule has 1 amide bonds. The predicted octanol–water partition coefficient (Wildman–Crippen LogP) is 2.01. The zero-order valence-electron chi connectivity index (χ0n) is 8.10. The number of aromatic nitrogens is 2. The lowest BCUT2D eigenvalue weighted by molar-refractivity contribution is -0.114. The van der Waals surface area contributed by atoms with Crippen molar-refractivity contribution in [2.24, 2.45) is 0 Å². The number of rotatable bonds is 1. The first-order chi connectivity index (χ1) is 6.77. The maximum absolute atomic E-state index is 10.9. The van der Waals surface area contributed by atoms with E-state index in [9.17, 15) is 4.79 Å². The molecule has 1 aromatic carbocycles. The second-order valence-corrected chi connectivity index (χ2v) is 2.92. The highest BCUT2D eigenvalue weighted by Crippen LogP contribution is 2.17. The highest BCUT2D eigenvalue weighted by molar-refractivity contribution is 5.97. The Morgan fingerprint density at radius 2 is 2.00 bits per heavy atom. The molecule has 4 nitrogen and oxygen atoms in total. The average Bonchev–Trinajstić information content (AvgIpc) is 2.18. The Hall–Kier alpha value is -1.68. The van der Waals surface area contributed by atoms with E-state index >= 15 is 0 Å². The third-order valence-electron chi connectivity index (χ3n) is 1.84. The Bertz CT molecular complexity index is 482. The van der Waals surface area contributed by atoms with E-state index in [1.807, 2.05) is 24.3 Å². The smallest absolute Gasteiger partial charge is 0.222 e. The van der Waals surface area contributed by atoms with Gasteiger partial charge in [0.05, 0.1) is 5.52 Å². The van der Waals surface area contributed by atoms with E-state index in [-0.39, 0.29) is 18.3 Å². The van der Waals surface area contributed by atoms with E-state index in [1.165, 1.54) is 13.3 Å². The number of carbonyl (C=O) groups is 1. The molecule has 2 aromatic rings. The third kappa shape index (κ3) is 2.41. The Kier molecular flexibility index (Phi) is 3.57. The van der Waals surface area contributed by atoms with Gasteiger partial charge in [0.1, 0.15) is 12.1 Å². The Labute approximate surface area is 93.1 Å². The molecule has 5 heteroatoms. The largest absolute Gasteiger partial charge is 0.310 e. The SMILES string of the molecule is CC(=O)Nc1ncnc2ccccc12.Cl. The summed E-state index contributed by atoms with van der Waals surface area (Å²) in [4.78, 5) is 19.0. The minimum absolute atomic E-state index is 0. The summed E-state index contributed by atoms with van der Waals surface area (Å²) in [5.74, 6) is 0.428. The molecule has 1 heterocycles. The van der Waals surface area contributed by atoms with Crippen molar-refractivity contribution in [3.8, 4) is 0 Å². The van der Waals surface area contributed by atoms with Crippen molar-refractivity contribution in [1.29, 1.82) is 0 Å². The van der Waals surface area contributed by atoms with Gasteiger partial charge in [0.25, 0.3) is 0 Å². The number of carbonyl (C=O) groups excluding carboxylic acids is 1. The van der Waals surface area contributed by atoms with Gasteiger partial charge >= 0.3 is 0 Å². The predicted molar refractivity (Wildman–Crippen MR) is 61.1 cm³/mol. The topological polar surface area (TPSA) is 54.9 Å². The van der Waals surface area contributed by atoms with Crippen LogP contribution < -0.4 is 5.32 Å². The minimum atomic E-state index is -0.131. The van der Waals surface area contributed by atoms with Crippen LogP contribution >= 0.6 is 12.4 Å². The lowest BCUT2D eigenvalue weighted by atomic mass is 10.2. The van der Waals surface area contributed by atoms with Crippen molar-refractivity contribution in [1.82, 2.24) is 9.97 Å². The fourth-order valence-electron chi connectivity index (χ4n) is 1.27. The van der Waals surface area contributed by atoms with Crippen molar-refractivity contribution in [2.45, 2.75) is 6.92 Å². The molecular weight excluding hydrogens is 214 g/mol. The summed E-state index contributed by atoms with van der Waals surface area (Å²) in [6, 6.07) is 7.53. The van der Waals surface area contributed by atoms with Gasteiger partial charge in [-0.15, -0.1) is 12.4 Å². The van der Waals surface area contributed by atoms with Crippen molar-refractivity contribution in [3.63, 3.8) is 0 Å². The Balaban J connectivity index is 0.00000112. The molecule has 78 valence electrons. The van der Waals surface area contributed by atoms with Crippen LogP contribution in [-0.2, 0) is 4.79 Å². The number of nitrogens with zero attached hydrogens (tertiary/aromatic N) is 2. The van der Waals surface area contributed by atoms with E-state index < -0.39 is 0 Å². The first kappa shape index (κ1) is 11.4. The molecule has 0 saturated carbocycles. The van der Waals surface area contributed by atoms with Gasteiger partial charge in [0.2, 0.25) is 5.91 Å². The molecule has 0 atom stereocenters. The van der Waals surface area contributed by atoms with Gasteiger partial charge in [-0.25, -0.2) is 9.97 Å². The summed E-state index contributed by atoms with van der Waals surface area (Å²) >= 11 is 0. The highest BCUT2D eigenvalue weighted by atomic mass is 35.5. The van der Waals surface area contributed by atoms with Gasteiger partial charge in [-0.1, -0.05) is 12.1 Å². The zero-order chi connectivity index (χ0) is 9.97. The quantitative estimate of drug-likeness (QED) is 0.805. The third-order valence-corrected chi connectivity index (χ3v) is 1.84. The number of hydrogen-bond donors (Lipinski definition) is 1. The zero-order valence-corrected chi connectivity index (χ0v) is 8.91. The van der Waals surface area contributed by atoms with E-state index in [2.05, 4.69) is 15.3 Å². The normalized spacial score (nSPS) is 9.40. The monoisotopic (exact) mass is 223 g/mol. The maximum atomic E-state index is 10.9. The lowest BCUT2D eigenvalue weighted by Gasteiger charge is -2.03. The van der Waals surface area contributed by atoms with Crippen molar-refractivity contribution < 1.29 is 4.79 Å². The second kappa shape index (κ2) is 4.70. The molecule has 0 radical (unpaired) electrons. The van der Waals surface area contributed by atoms with Crippen molar-refractivity contribution in [3.05, 3.63) is 30.6 Å². The van der Waals surface area contributed by atoms with Crippen LogP contribution in [0.15, 0.2) is 30.6 Å². The standard InChI is InChI=1S/C10H9N3O.ClH/c1-7(14)13-10-8-4-2-3-5-9(8)11-6-12-10;/h2-6H,1H3,(H,11,12,13,14);1H. The van der Waals surface area contributed by atoms with Gasteiger partial charge in [-0.2, -0.15) is 0 Å². The van der Waals surface area contributed by atoms with Crippen LogP contribution in [0.5, 0.6) is 0 Å². The van der Waals surface area contributed by atoms with Gasteiger partial charge in [0.15, 0.2) is 0 Å². The molecule has 0 fully saturated rings.